The number of nitrogens with zero attached hydrogens (tertiary/aromatic N) is 3. The maximum absolute atomic E-state index is 12.6. The lowest BCUT2D eigenvalue weighted by Gasteiger charge is -2.07. The molecule has 4 rings (SSSR count). The number of rotatable bonds is 8. The van der Waals surface area contributed by atoms with Gasteiger partial charge in [-0.15, -0.1) is 11.3 Å². The van der Waals surface area contributed by atoms with Gasteiger partial charge in [0.1, 0.15) is 17.4 Å². The van der Waals surface area contributed by atoms with Crippen LogP contribution in [-0.4, -0.2) is 24.2 Å². The zero-order chi connectivity index (χ0) is 26.4. The number of benzene rings is 3. The number of anilines is 1. The molecule has 1 N–H and O–H groups in total. The van der Waals surface area contributed by atoms with E-state index >= 15 is 0 Å². The van der Waals surface area contributed by atoms with Gasteiger partial charge in [0.15, 0.2) is 10.0 Å². The van der Waals surface area contributed by atoms with E-state index in [0.29, 0.717) is 16.4 Å². The minimum atomic E-state index is -4.48. The Morgan fingerprint density at radius 1 is 1.05 bits per heavy atom. The molecule has 10 nitrogen and oxygen atoms in total. The number of carbonyl (C=O) groups excluding carboxylic acids is 1. The Bertz CT molecular complexity index is 1640. The number of nitrogens with one attached hydrogen (secondary N) is 1. The average molecular weight is 533 g/mol. The van der Waals surface area contributed by atoms with Crippen LogP contribution < -0.4 is 9.50 Å². The molecule has 0 unspecified atom stereocenters. The molecule has 0 saturated heterocycles. The van der Waals surface area contributed by atoms with E-state index in [1.54, 1.807) is 5.38 Å². The highest BCUT2D eigenvalue weighted by molar-refractivity contribution is 7.87. The highest BCUT2D eigenvalue weighted by Crippen LogP contribution is 2.27. The van der Waals surface area contributed by atoms with Gasteiger partial charge in [0.05, 0.1) is 10.6 Å². The van der Waals surface area contributed by atoms with E-state index in [1.807, 2.05) is 36.4 Å². The second kappa shape index (κ2) is 10.8. The van der Waals surface area contributed by atoms with E-state index in [4.69, 9.17) is 4.18 Å². The molecule has 3 aromatic carbocycles. The number of para-hydroxylation sites is 1. The lowest BCUT2D eigenvalue weighted by Crippen LogP contribution is -2.13. The van der Waals surface area contributed by atoms with Gasteiger partial charge < -0.3 is 4.18 Å². The fraction of sp³-hybridized carbons (Fsp3) is 0. The predicted molar refractivity (Wildman–Crippen MR) is 137 cm³/mol. The molecule has 0 aliphatic rings. The fourth-order valence-electron chi connectivity index (χ4n) is 3.16. The summed E-state index contributed by atoms with van der Waals surface area (Å²) in [6, 6.07) is 21.6. The minimum absolute atomic E-state index is 0.102. The molecular formula is C25H16N4O6S2. The smallest absolute Gasteiger partial charge is 0.346 e. The van der Waals surface area contributed by atoms with Crippen LogP contribution in [0.2, 0.25) is 0 Å². The molecule has 4 aromatic rings. The number of nitro benzene ring substituents is 1. The number of nitriles is 1. The van der Waals surface area contributed by atoms with Crippen LogP contribution in [0.25, 0.3) is 17.3 Å². The summed E-state index contributed by atoms with van der Waals surface area (Å²) in [4.78, 5) is 26.7. The molecule has 1 amide bonds. The van der Waals surface area contributed by atoms with Crippen LogP contribution in [0.15, 0.2) is 94.7 Å². The normalized spacial score (nSPS) is 11.4. The van der Waals surface area contributed by atoms with Crippen molar-refractivity contribution in [3.63, 3.8) is 0 Å². The van der Waals surface area contributed by atoms with Gasteiger partial charge in [0, 0.05) is 17.0 Å². The molecule has 0 atom stereocenters. The molecule has 184 valence electrons. The van der Waals surface area contributed by atoms with Crippen LogP contribution in [0.1, 0.15) is 5.56 Å². The summed E-state index contributed by atoms with van der Waals surface area (Å²) in [6.07, 6.45) is 1.32. The average Bonchev–Trinajstić information content (AvgIpc) is 3.37. The Morgan fingerprint density at radius 3 is 2.41 bits per heavy atom. The largest absolute Gasteiger partial charge is 0.379 e. The van der Waals surface area contributed by atoms with E-state index in [1.165, 1.54) is 53.8 Å². The topological polar surface area (TPSA) is 152 Å². The monoisotopic (exact) mass is 532 g/mol. The fourth-order valence-corrected chi connectivity index (χ4v) is 4.98. The van der Waals surface area contributed by atoms with E-state index in [9.17, 15) is 28.6 Å². The Morgan fingerprint density at radius 2 is 1.73 bits per heavy atom. The zero-order valence-electron chi connectivity index (χ0n) is 18.8. The minimum Gasteiger partial charge on any atom is -0.379 e. The molecular weight excluding hydrogens is 516 g/mol. The molecule has 37 heavy (non-hydrogen) atoms. The van der Waals surface area contributed by atoms with Gasteiger partial charge in [-0.1, -0.05) is 54.6 Å². The summed E-state index contributed by atoms with van der Waals surface area (Å²) in [7, 11) is -4.48. The van der Waals surface area contributed by atoms with Crippen LogP contribution >= 0.6 is 11.3 Å². The van der Waals surface area contributed by atoms with Crippen LogP contribution in [0.3, 0.4) is 0 Å². The third-order valence-electron chi connectivity index (χ3n) is 4.89. The number of carbonyl (C=O) groups is 1. The summed E-state index contributed by atoms with van der Waals surface area (Å²) in [5.74, 6) is -0.759. The number of hydrogen-bond donors (Lipinski definition) is 1. The molecule has 0 bridgehead atoms. The van der Waals surface area contributed by atoms with Crippen molar-refractivity contribution in [3.8, 4) is 23.1 Å². The van der Waals surface area contributed by atoms with Gasteiger partial charge >= 0.3 is 10.1 Å². The van der Waals surface area contributed by atoms with Crippen LogP contribution in [0.4, 0.5) is 10.8 Å². The van der Waals surface area contributed by atoms with Gasteiger partial charge in [-0.2, -0.15) is 13.7 Å². The first-order chi connectivity index (χ1) is 17.8. The number of nitro groups is 1. The van der Waals surface area contributed by atoms with Gasteiger partial charge in [-0.3, -0.25) is 20.2 Å². The van der Waals surface area contributed by atoms with E-state index in [2.05, 4.69) is 10.3 Å². The summed E-state index contributed by atoms with van der Waals surface area (Å²) in [5.41, 5.74) is 1.20. The molecule has 0 radical (unpaired) electrons. The van der Waals surface area contributed by atoms with E-state index in [0.717, 1.165) is 17.7 Å². The first-order valence-corrected chi connectivity index (χ1v) is 12.8. The van der Waals surface area contributed by atoms with Gasteiger partial charge in [0.2, 0.25) is 0 Å². The van der Waals surface area contributed by atoms with Crippen molar-refractivity contribution in [3.05, 3.63) is 105 Å². The van der Waals surface area contributed by atoms with Crippen molar-refractivity contribution in [1.29, 1.82) is 5.26 Å². The van der Waals surface area contributed by atoms with Crippen molar-refractivity contribution >= 4 is 44.3 Å². The Labute approximate surface area is 215 Å². The van der Waals surface area contributed by atoms with Crippen molar-refractivity contribution in [1.82, 2.24) is 4.98 Å². The SMILES string of the molecule is N#C/C(=C/c1ccc(OS(=O)(=O)c2ccccc2[N+](=O)[O-])cc1)C(=O)Nc1nc(-c2ccccc2)cs1. The van der Waals surface area contributed by atoms with Crippen LogP contribution in [-0.2, 0) is 14.9 Å². The summed E-state index contributed by atoms with van der Waals surface area (Å²) in [5, 5.41) is 25.3. The highest BCUT2D eigenvalue weighted by atomic mass is 32.2. The van der Waals surface area contributed by atoms with Gasteiger partial charge in [0.25, 0.3) is 11.6 Å². The number of hydrogen-bond acceptors (Lipinski definition) is 9. The Hall–Kier alpha value is -4.86. The molecule has 0 saturated carbocycles. The first-order valence-electron chi connectivity index (χ1n) is 10.5. The molecule has 0 aliphatic heterocycles. The summed E-state index contributed by atoms with van der Waals surface area (Å²) < 4.78 is 30.1. The maximum Gasteiger partial charge on any atom is 0.346 e. The van der Waals surface area contributed by atoms with Crippen LogP contribution in [0.5, 0.6) is 5.75 Å². The zero-order valence-corrected chi connectivity index (χ0v) is 20.4. The third kappa shape index (κ3) is 6.04. The highest BCUT2D eigenvalue weighted by Gasteiger charge is 2.27. The predicted octanol–water partition coefficient (Wildman–Crippen LogP) is 5.03. The number of amides is 1. The molecule has 1 aromatic heterocycles. The van der Waals surface area contributed by atoms with Crippen LogP contribution in [0, 0.1) is 21.4 Å². The number of thiazole rings is 1. The molecule has 0 aliphatic carbocycles. The lowest BCUT2D eigenvalue weighted by molar-refractivity contribution is -0.387. The first kappa shape index (κ1) is 25.2. The number of aromatic nitrogens is 1. The molecule has 12 heteroatoms. The van der Waals surface area contributed by atoms with Crippen molar-refractivity contribution in [2.75, 3.05) is 5.32 Å². The maximum atomic E-state index is 12.6. The lowest BCUT2D eigenvalue weighted by atomic mass is 10.1. The molecule has 0 fully saturated rings. The standard InChI is InChI=1S/C25H16N4O6S2/c26-15-19(24(30)28-25-27-21(16-36-25)18-6-2-1-3-7-18)14-17-10-12-20(13-11-17)35-37(33,34)23-9-5-4-8-22(23)29(31)32/h1-14,16H,(H,27,28,30)/b19-14-. The summed E-state index contributed by atoms with van der Waals surface area (Å²) >= 11 is 1.22. The van der Waals surface area contributed by atoms with E-state index < -0.39 is 31.5 Å². The Kier molecular flexibility index (Phi) is 7.38. The molecule has 1 heterocycles. The second-order valence-corrected chi connectivity index (χ2v) is 9.73. The quantitative estimate of drug-likeness (QED) is 0.109. The molecule has 0 spiro atoms. The third-order valence-corrected chi connectivity index (χ3v) is 6.94. The van der Waals surface area contributed by atoms with E-state index in [-0.39, 0.29) is 11.3 Å². The summed E-state index contributed by atoms with van der Waals surface area (Å²) in [6.45, 7) is 0. The van der Waals surface area contributed by atoms with Gasteiger partial charge in [-0.05, 0) is 29.8 Å². The van der Waals surface area contributed by atoms with Crippen molar-refractivity contribution < 1.29 is 22.3 Å². The Balaban J connectivity index is 1.47. The van der Waals surface area contributed by atoms with Gasteiger partial charge in [-0.25, -0.2) is 4.98 Å². The second-order valence-electron chi connectivity index (χ2n) is 7.36. The van der Waals surface area contributed by atoms with Crippen molar-refractivity contribution in [2.45, 2.75) is 4.90 Å². The van der Waals surface area contributed by atoms with Crippen molar-refractivity contribution in [2.24, 2.45) is 0 Å².